The number of carbonyl (C=O) groups is 1. The van der Waals surface area contributed by atoms with Crippen LogP contribution < -0.4 is 14.8 Å². The van der Waals surface area contributed by atoms with E-state index in [2.05, 4.69) is 15.3 Å². The van der Waals surface area contributed by atoms with E-state index in [9.17, 15) is 4.79 Å². The number of ether oxygens (including phenoxy) is 2. The zero-order valence-corrected chi connectivity index (χ0v) is 14.5. The number of pyridine rings is 1. The van der Waals surface area contributed by atoms with E-state index in [1.165, 1.54) is 0 Å². The fraction of sp³-hybridized carbons (Fsp3) is 0.211. The first-order valence-electron chi connectivity index (χ1n) is 8.20. The van der Waals surface area contributed by atoms with Gasteiger partial charge in [0.1, 0.15) is 23.6 Å². The lowest BCUT2D eigenvalue weighted by Crippen LogP contribution is -2.25. The zero-order chi connectivity index (χ0) is 18.1. The normalized spacial score (nSPS) is 15.9. The summed E-state index contributed by atoms with van der Waals surface area (Å²) in [4.78, 5) is 21.1. The van der Waals surface area contributed by atoms with E-state index in [1.54, 1.807) is 39.0 Å². The third-order valence-electron chi connectivity index (χ3n) is 4.51. The first kappa shape index (κ1) is 16.1. The highest BCUT2D eigenvalue weighted by atomic mass is 16.5. The molecular formula is C19H18N4O3. The second-order valence-corrected chi connectivity index (χ2v) is 5.98. The standard InChI is InChI=1S/C19H18N4O3/c1-25-13-5-6-15(16(8-13)26-2)23-11-21-18-14(9-17(24)22-19(18)23)12-4-3-7-20-10-12/h3-8,10-11,14H,9H2,1-2H3,(H,22,24). The highest BCUT2D eigenvalue weighted by molar-refractivity contribution is 5.94. The topological polar surface area (TPSA) is 78.3 Å². The third kappa shape index (κ3) is 2.67. The number of rotatable bonds is 4. The summed E-state index contributed by atoms with van der Waals surface area (Å²) in [5.41, 5.74) is 2.56. The molecule has 1 unspecified atom stereocenters. The van der Waals surface area contributed by atoms with Gasteiger partial charge in [-0.15, -0.1) is 0 Å². The molecule has 4 rings (SSSR count). The highest BCUT2D eigenvalue weighted by Gasteiger charge is 2.31. The summed E-state index contributed by atoms with van der Waals surface area (Å²) in [6.45, 7) is 0. The molecule has 3 heterocycles. The van der Waals surface area contributed by atoms with E-state index in [4.69, 9.17) is 9.47 Å². The van der Waals surface area contributed by atoms with Crippen LogP contribution in [-0.4, -0.2) is 34.7 Å². The van der Waals surface area contributed by atoms with Crippen LogP contribution in [0.5, 0.6) is 11.5 Å². The lowest BCUT2D eigenvalue weighted by atomic mass is 9.91. The van der Waals surface area contributed by atoms with Gasteiger partial charge in [0.05, 0.1) is 25.6 Å². The van der Waals surface area contributed by atoms with Crippen molar-refractivity contribution in [1.29, 1.82) is 0 Å². The van der Waals surface area contributed by atoms with Crippen molar-refractivity contribution >= 4 is 11.7 Å². The molecule has 0 aliphatic carbocycles. The molecule has 2 aromatic heterocycles. The smallest absolute Gasteiger partial charge is 0.226 e. The van der Waals surface area contributed by atoms with E-state index in [0.29, 0.717) is 23.7 Å². The maximum atomic E-state index is 12.3. The molecule has 0 bridgehead atoms. The Morgan fingerprint density at radius 3 is 2.85 bits per heavy atom. The lowest BCUT2D eigenvalue weighted by Gasteiger charge is -2.23. The summed E-state index contributed by atoms with van der Waals surface area (Å²) < 4.78 is 12.6. The average Bonchev–Trinajstić information content (AvgIpc) is 3.11. The van der Waals surface area contributed by atoms with E-state index in [-0.39, 0.29) is 11.8 Å². The summed E-state index contributed by atoms with van der Waals surface area (Å²) in [6, 6.07) is 9.34. The van der Waals surface area contributed by atoms with E-state index in [1.807, 2.05) is 28.8 Å². The molecule has 1 aliphatic heterocycles. The van der Waals surface area contributed by atoms with Crippen LogP contribution in [0.15, 0.2) is 49.1 Å². The third-order valence-corrected chi connectivity index (χ3v) is 4.51. The number of carbonyl (C=O) groups excluding carboxylic acids is 1. The molecule has 0 spiro atoms. The summed E-state index contributed by atoms with van der Waals surface area (Å²) in [5, 5.41) is 2.94. The number of amides is 1. The van der Waals surface area contributed by atoms with Crippen molar-refractivity contribution < 1.29 is 14.3 Å². The largest absolute Gasteiger partial charge is 0.497 e. The molecule has 7 heteroatoms. The molecule has 132 valence electrons. The maximum Gasteiger partial charge on any atom is 0.226 e. The van der Waals surface area contributed by atoms with E-state index in [0.717, 1.165) is 16.9 Å². The van der Waals surface area contributed by atoms with Crippen molar-refractivity contribution in [1.82, 2.24) is 14.5 Å². The van der Waals surface area contributed by atoms with Gasteiger partial charge in [0.25, 0.3) is 0 Å². The van der Waals surface area contributed by atoms with Gasteiger partial charge in [0.2, 0.25) is 5.91 Å². The Bertz CT molecular complexity index is 953. The van der Waals surface area contributed by atoms with E-state index < -0.39 is 0 Å². The van der Waals surface area contributed by atoms with Gasteiger partial charge in [-0.1, -0.05) is 6.07 Å². The number of hydrogen-bond acceptors (Lipinski definition) is 5. The van der Waals surface area contributed by atoms with Crippen LogP contribution in [0.3, 0.4) is 0 Å². The highest BCUT2D eigenvalue weighted by Crippen LogP contribution is 2.39. The van der Waals surface area contributed by atoms with Crippen LogP contribution >= 0.6 is 0 Å². The number of benzene rings is 1. The predicted octanol–water partition coefficient (Wildman–Crippen LogP) is 2.76. The second kappa shape index (κ2) is 6.51. The number of nitrogens with zero attached hydrogens (tertiary/aromatic N) is 3. The van der Waals surface area contributed by atoms with Crippen molar-refractivity contribution in [3.63, 3.8) is 0 Å². The molecule has 26 heavy (non-hydrogen) atoms. The molecule has 1 N–H and O–H groups in total. The average molecular weight is 350 g/mol. The van der Waals surface area contributed by atoms with Crippen LogP contribution in [0.25, 0.3) is 5.69 Å². The SMILES string of the molecule is COc1ccc(-n2cnc3c2NC(=O)CC3c2cccnc2)c(OC)c1. The van der Waals surface area contributed by atoms with Gasteiger partial charge < -0.3 is 14.8 Å². The van der Waals surface area contributed by atoms with Gasteiger partial charge >= 0.3 is 0 Å². The maximum absolute atomic E-state index is 12.3. The fourth-order valence-corrected chi connectivity index (χ4v) is 3.23. The number of methoxy groups -OCH3 is 2. The zero-order valence-electron chi connectivity index (χ0n) is 14.5. The molecule has 0 radical (unpaired) electrons. The second-order valence-electron chi connectivity index (χ2n) is 5.98. The van der Waals surface area contributed by atoms with Crippen molar-refractivity contribution in [2.75, 3.05) is 19.5 Å². The summed E-state index contributed by atoms with van der Waals surface area (Å²) in [7, 11) is 3.20. The molecule has 1 amide bonds. The molecule has 0 fully saturated rings. The predicted molar refractivity (Wildman–Crippen MR) is 96.0 cm³/mol. The summed E-state index contributed by atoms with van der Waals surface area (Å²) >= 11 is 0. The Labute approximate surface area is 150 Å². The molecule has 1 aliphatic rings. The lowest BCUT2D eigenvalue weighted by molar-refractivity contribution is -0.116. The van der Waals surface area contributed by atoms with Crippen LogP contribution in [0.4, 0.5) is 5.82 Å². The van der Waals surface area contributed by atoms with Crippen LogP contribution in [0, 0.1) is 0 Å². The fourth-order valence-electron chi connectivity index (χ4n) is 3.23. The molecule has 1 aromatic carbocycles. The number of nitrogens with one attached hydrogen (secondary N) is 1. The number of hydrogen-bond donors (Lipinski definition) is 1. The van der Waals surface area contributed by atoms with Crippen LogP contribution in [0.2, 0.25) is 0 Å². The Hall–Kier alpha value is -3.35. The van der Waals surface area contributed by atoms with E-state index >= 15 is 0 Å². The monoisotopic (exact) mass is 350 g/mol. The molecule has 7 nitrogen and oxygen atoms in total. The number of anilines is 1. The van der Waals surface area contributed by atoms with Crippen molar-refractivity contribution in [3.8, 4) is 17.2 Å². The van der Waals surface area contributed by atoms with Gasteiger partial charge in [0, 0.05) is 30.8 Å². The Morgan fingerprint density at radius 1 is 1.23 bits per heavy atom. The Morgan fingerprint density at radius 2 is 2.12 bits per heavy atom. The summed E-state index contributed by atoms with van der Waals surface area (Å²) in [6.07, 6.45) is 5.54. The minimum atomic E-state index is -0.127. The molecule has 0 saturated heterocycles. The van der Waals surface area contributed by atoms with Gasteiger partial charge in [-0.2, -0.15) is 0 Å². The molecular weight excluding hydrogens is 332 g/mol. The van der Waals surface area contributed by atoms with Crippen molar-refractivity contribution in [2.45, 2.75) is 12.3 Å². The van der Waals surface area contributed by atoms with Crippen LogP contribution in [-0.2, 0) is 4.79 Å². The van der Waals surface area contributed by atoms with Crippen molar-refractivity contribution in [3.05, 3.63) is 60.3 Å². The number of imidazole rings is 1. The minimum absolute atomic E-state index is 0.0550. The quantitative estimate of drug-likeness (QED) is 0.783. The minimum Gasteiger partial charge on any atom is -0.497 e. The Balaban J connectivity index is 1.83. The van der Waals surface area contributed by atoms with Gasteiger partial charge in [-0.25, -0.2) is 4.98 Å². The molecule has 1 atom stereocenters. The van der Waals surface area contributed by atoms with Gasteiger partial charge in [-0.05, 0) is 23.8 Å². The van der Waals surface area contributed by atoms with Gasteiger partial charge in [-0.3, -0.25) is 14.3 Å². The first-order valence-corrected chi connectivity index (χ1v) is 8.20. The summed E-state index contributed by atoms with van der Waals surface area (Å²) in [5.74, 6) is 1.79. The number of aromatic nitrogens is 3. The van der Waals surface area contributed by atoms with Gasteiger partial charge in [0.15, 0.2) is 0 Å². The molecule has 3 aromatic rings. The van der Waals surface area contributed by atoms with Crippen LogP contribution in [0.1, 0.15) is 23.6 Å². The first-order chi connectivity index (χ1) is 12.7. The number of fused-ring (bicyclic) bond motifs is 1. The molecule has 0 saturated carbocycles. The van der Waals surface area contributed by atoms with Crippen molar-refractivity contribution in [2.24, 2.45) is 0 Å². The Kier molecular flexibility index (Phi) is 4.04.